The molecule has 98 valence electrons. The molecule has 1 N–H and O–H groups in total. The summed E-state index contributed by atoms with van der Waals surface area (Å²) in [5.74, 6) is 1.02. The van der Waals surface area contributed by atoms with Crippen molar-refractivity contribution in [2.75, 3.05) is 25.1 Å². The first-order valence-electron chi connectivity index (χ1n) is 7.02. The molecule has 1 saturated carbocycles. The van der Waals surface area contributed by atoms with Crippen LogP contribution in [0.4, 0.5) is 5.69 Å². The molecule has 3 rings (SSSR count). The van der Waals surface area contributed by atoms with E-state index in [4.69, 9.17) is 4.74 Å². The smallest absolute Gasteiger partial charge is 0.142 e. The van der Waals surface area contributed by atoms with Crippen molar-refractivity contribution in [3.05, 3.63) is 23.8 Å². The zero-order valence-corrected chi connectivity index (χ0v) is 11.1. The maximum atomic E-state index is 5.55. The number of nitrogens with zero attached hydrogens (tertiary/aromatic N) is 1. The van der Waals surface area contributed by atoms with E-state index in [1.807, 2.05) is 0 Å². The molecule has 0 spiro atoms. The molecule has 0 unspecified atom stereocenters. The molecule has 2 aliphatic rings. The maximum absolute atomic E-state index is 5.55. The Kier molecular flexibility index (Phi) is 3.41. The van der Waals surface area contributed by atoms with E-state index in [0.29, 0.717) is 0 Å². The quantitative estimate of drug-likeness (QED) is 0.864. The highest BCUT2D eigenvalue weighted by Gasteiger charge is 2.20. The van der Waals surface area contributed by atoms with Crippen molar-refractivity contribution in [3.8, 4) is 5.75 Å². The van der Waals surface area contributed by atoms with Crippen molar-refractivity contribution in [3.63, 3.8) is 0 Å². The fraction of sp³-hybridized carbons (Fsp3) is 0.600. The molecular formula is C15H22N2O. The highest BCUT2D eigenvalue weighted by Crippen LogP contribution is 2.32. The Balaban J connectivity index is 1.73. The molecule has 1 aromatic carbocycles. The first-order chi connectivity index (χ1) is 8.86. The molecule has 0 bridgehead atoms. The Morgan fingerprint density at radius 3 is 2.72 bits per heavy atom. The number of ether oxygens (including phenoxy) is 1. The molecule has 1 saturated heterocycles. The number of anilines is 1. The van der Waals surface area contributed by atoms with Crippen LogP contribution in [0, 0.1) is 0 Å². The molecule has 0 radical (unpaired) electrons. The fourth-order valence-corrected chi connectivity index (χ4v) is 2.60. The SMILES string of the molecule is COc1cc(CNC2CC2)ccc1N1CCCC1. The number of hydrogen-bond acceptors (Lipinski definition) is 3. The van der Waals surface area contributed by atoms with Crippen LogP contribution in [-0.2, 0) is 6.54 Å². The summed E-state index contributed by atoms with van der Waals surface area (Å²) in [5, 5.41) is 3.54. The zero-order valence-electron chi connectivity index (χ0n) is 11.1. The third-order valence-corrected chi connectivity index (χ3v) is 3.86. The first-order valence-corrected chi connectivity index (χ1v) is 7.02. The van der Waals surface area contributed by atoms with Gasteiger partial charge in [0.25, 0.3) is 0 Å². The van der Waals surface area contributed by atoms with E-state index in [-0.39, 0.29) is 0 Å². The molecule has 0 atom stereocenters. The normalized spacial score (nSPS) is 19.3. The lowest BCUT2D eigenvalue weighted by Gasteiger charge is -2.21. The molecule has 1 aliphatic carbocycles. The monoisotopic (exact) mass is 246 g/mol. The van der Waals surface area contributed by atoms with Crippen LogP contribution in [0.2, 0.25) is 0 Å². The van der Waals surface area contributed by atoms with E-state index >= 15 is 0 Å². The van der Waals surface area contributed by atoms with Crippen LogP contribution < -0.4 is 15.0 Å². The Morgan fingerprint density at radius 2 is 2.06 bits per heavy atom. The van der Waals surface area contributed by atoms with Gasteiger partial charge in [-0.2, -0.15) is 0 Å². The van der Waals surface area contributed by atoms with Crippen LogP contribution in [-0.4, -0.2) is 26.2 Å². The highest BCUT2D eigenvalue weighted by atomic mass is 16.5. The van der Waals surface area contributed by atoms with Gasteiger partial charge in [-0.1, -0.05) is 6.07 Å². The molecule has 1 aromatic rings. The molecule has 1 aliphatic heterocycles. The zero-order chi connectivity index (χ0) is 12.4. The molecule has 0 amide bonds. The van der Waals surface area contributed by atoms with Gasteiger partial charge in [0.2, 0.25) is 0 Å². The second-order valence-corrected chi connectivity index (χ2v) is 5.36. The average Bonchev–Trinajstić information content (AvgIpc) is 3.08. The molecule has 1 heterocycles. The van der Waals surface area contributed by atoms with Crippen LogP contribution in [0.15, 0.2) is 18.2 Å². The second kappa shape index (κ2) is 5.19. The van der Waals surface area contributed by atoms with Crippen molar-refractivity contribution < 1.29 is 4.74 Å². The summed E-state index contributed by atoms with van der Waals surface area (Å²) in [7, 11) is 1.77. The van der Waals surface area contributed by atoms with E-state index in [2.05, 4.69) is 28.4 Å². The predicted molar refractivity (Wildman–Crippen MR) is 74.3 cm³/mol. The van der Waals surface area contributed by atoms with Crippen LogP contribution in [0.3, 0.4) is 0 Å². The molecule has 3 nitrogen and oxygen atoms in total. The molecular weight excluding hydrogens is 224 g/mol. The van der Waals surface area contributed by atoms with Crippen LogP contribution in [0.1, 0.15) is 31.2 Å². The van der Waals surface area contributed by atoms with Gasteiger partial charge in [0.15, 0.2) is 0 Å². The van der Waals surface area contributed by atoms with E-state index in [1.165, 1.54) is 36.9 Å². The van der Waals surface area contributed by atoms with Crippen molar-refractivity contribution in [1.29, 1.82) is 0 Å². The molecule has 18 heavy (non-hydrogen) atoms. The lowest BCUT2D eigenvalue weighted by Crippen LogP contribution is -2.19. The summed E-state index contributed by atoms with van der Waals surface area (Å²) in [4.78, 5) is 2.43. The van der Waals surface area contributed by atoms with Gasteiger partial charge in [-0.3, -0.25) is 0 Å². The van der Waals surface area contributed by atoms with Gasteiger partial charge in [0.1, 0.15) is 5.75 Å². The Morgan fingerprint density at radius 1 is 1.28 bits per heavy atom. The number of hydrogen-bond donors (Lipinski definition) is 1. The van der Waals surface area contributed by atoms with Gasteiger partial charge in [-0.15, -0.1) is 0 Å². The number of methoxy groups -OCH3 is 1. The first kappa shape index (κ1) is 11.8. The highest BCUT2D eigenvalue weighted by molar-refractivity contribution is 5.60. The average molecular weight is 246 g/mol. The van der Waals surface area contributed by atoms with Gasteiger partial charge >= 0.3 is 0 Å². The van der Waals surface area contributed by atoms with Gasteiger partial charge < -0.3 is 15.0 Å². The van der Waals surface area contributed by atoms with E-state index in [1.54, 1.807) is 7.11 Å². The van der Waals surface area contributed by atoms with E-state index in [0.717, 1.165) is 31.4 Å². The second-order valence-electron chi connectivity index (χ2n) is 5.36. The summed E-state index contributed by atoms with van der Waals surface area (Å²) >= 11 is 0. The van der Waals surface area contributed by atoms with Gasteiger partial charge in [0.05, 0.1) is 12.8 Å². The summed E-state index contributed by atoms with van der Waals surface area (Å²) in [6.45, 7) is 3.29. The third kappa shape index (κ3) is 2.61. The van der Waals surface area contributed by atoms with Crippen molar-refractivity contribution >= 4 is 5.69 Å². The topological polar surface area (TPSA) is 24.5 Å². The third-order valence-electron chi connectivity index (χ3n) is 3.86. The Labute approximate surface area is 109 Å². The number of benzene rings is 1. The number of rotatable bonds is 5. The van der Waals surface area contributed by atoms with Crippen LogP contribution in [0.5, 0.6) is 5.75 Å². The van der Waals surface area contributed by atoms with Crippen molar-refractivity contribution in [2.45, 2.75) is 38.3 Å². The van der Waals surface area contributed by atoms with Crippen molar-refractivity contribution in [2.24, 2.45) is 0 Å². The lowest BCUT2D eigenvalue weighted by molar-refractivity contribution is 0.414. The van der Waals surface area contributed by atoms with E-state index in [9.17, 15) is 0 Å². The minimum Gasteiger partial charge on any atom is -0.495 e. The lowest BCUT2D eigenvalue weighted by atomic mass is 10.1. The number of nitrogens with one attached hydrogen (secondary N) is 1. The van der Waals surface area contributed by atoms with Crippen LogP contribution >= 0.6 is 0 Å². The van der Waals surface area contributed by atoms with E-state index < -0.39 is 0 Å². The minimum atomic E-state index is 0.759. The van der Waals surface area contributed by atoms with Gasteiger partial charge in [-0.05, 0) is 43.4 Å². The van der Waals surface area contributed by atoms with Crippen LogP contribution in [0.25, 0.3) is 0 Å². The summed E-state index contributed by atoms with van der Waals surface area (Å²) in [6.07, 6.45) is 5.27. The maximum Gasteiger partial charge on any atom is 0.142 e. The Bertz CT molecular complexity index is 409. The van der Waals surface area contributed by atoms with Crippen molar-refractivity contribution in [1.82, 2.24) is 5.32 Å². The molecule has 2 fully saturated rings. The van der Waals surface area contributed by atoms with Gasteiger partial charge in [0, 0.05) is 25.7 Å². The Hall–Kier alpha value is -1.22. The van der Waals surface area contributed by atoms with Gasteiger partial charge in [-0.25, -0.2) is 0 Å². The summed E-state index contributed by atoms with van der Waals surface area (Å²) in [6, 6.07) is 7.39. The fourth-order valence-electron chi connectivity index (χ4n) is 2.60. The summed E-state index contributed by atoms with van der Waals surface area (Å²) in [5.41, 5.74) is 2.58. The standard InChI is InChI=1S/C15H22N2O/c1-18-15-10-12(11-16-13-5-6-13)4-7-14(15)17-8-2-3-9-17/h4,7,10,13,16H,2-3,5-6,8-9,11H2,1H3. The summed E-state index contributed by atoms with van der Waals surface area (Å²) < 4.78 is 5.55. The molecule has 3 heteroatoms. The molecule has 0 aromatic heterocycles. The predicted octanol–water partition coefficient (Wildman–Crippen LogP) is 2.55. The minimum absolute atomic E-state index is 0.759. The largest absolute Gasteiger partial charge is 0.495 e.